The first-order valence-corrected chi connectivity index (χ1v) is 6.67. The third-order valence-corrected chi connectivity index (χ3v) is 3.50. The fourth-order valence-corrected chi connectivity index (χ4v) is 2.28. The van der Waals surface area contributed by atoms with Gasteiger partial charge in [0.2, 0.25) is 0 Å². The maximum atomic E-state index is 13.4. The molecule has 22 heavy (non-hydrogen) atoms. The van der Waals surface area contributed by atoms with Gasteiger partial charge in [-0.15, -0.1) is 0 Å². The van der Waals surface area contributed by atoms with E-state index in [0.29, 0.717) is 9.92 Å². The molecule has 1 atom stereocenters. The van der Waals surface area contributed by atoms with Gasteiger partial charge in [0.25, 0.3) is 5.91 Å². The van der Waals surface area contributed by atoms with Crippen molar-refractivity contribution in [3.63, 3.8) is 0 Å². The Hall–Kier alpha value is -2.02. The Morgan fingerprint density at radius 2 is 1.86 bits per heavy atom. The highest BCUT2D eigenvalue weighted by atomic mass is 35.5. The molecule has 0 aliphatic heterocycles. The predicted octanol–water partition coefficient (Wildman–Crippen LogP) is 3.45. The van der Waals surface area contributed by atoms with E-state index in [1.54, 1.807) is 0 Å². The Bertz CT molecular complexity index is 667. The maximum Gasteiger partial charge on any atom is 0.413 e. The first-order chi connectivity index (χ1) is 10.2. The van der Waals surface area contributed by atoms with E-state index in [-0.39, 0.29) is 11.3 Å². The molecule has 118 valence electrons. The largest absolute Gasteiger partial charge is 0.413 e. The fourth-order valence-electron chi connectivity index (χ4n) is 2.16. The number of carbonyl (C=O) groups excluding carboxylic acids is 1. The third-order valence-electron chi connectivity index (χ3n) is 3.24. The molecule has 1 amide bonds. The Labute approximate surface area is 130 Å². The zero-order valence-corrected chi connectivity index (χ0v) is 12.6. The summed E-state index contributed by atoms with van der Waals surface area (Å²) < 4.78 is 41.5. The quantitative estimate of drug-likeness (QED) is 0.864. The molecule has 0 unspecified atom stereocenters. The molecule has 8 heteroatoms. The average molecular weight is 332 g/mol. The normalized spacial score (nSPS) is 13.0. The molecule has 0 fully saturated rings. The van der Waals surface area contributed by atoms with E-state index in [4.69, 9.17) is 11.6 Å². The van der Waals surface area contributed by atoms with Crippen molar-refractivity contribution in [3.8, 4) is 0 Å². The van der Waals surface area contributed by atoms with Crippen LogP contribution in [0, 0.1) is 0 Å². The lowest BCUT2D eigenvalue weighted by Crippen LogP contribution is -2.40. The molecule has 0 saturated carbocycles. The minimum Gasteiger partial charge on any atom is -0.324 e. The van der Waals surface area contributed by atoms with Crippen LogP contribution in [0.25, 0.3) is 0 Å². The molecule has 2 rings (SSSR count). The molecule has 1 aromatic carbocycles. The van der Waals surface area contributed by atoms with Crippen LogP contribution in [0.4, 0.5) is 13.2 Å². The molecule has 0 aliphatic rings. The van der Waals surface area contributed by atoms with E-state index in [1.807, 2.05) is 0 Å². The minimum atomic E-state index is -4.61. The summed E-state index contributed by atoms with van der Waals surface area (Å²) in [5.41, 5.74) is 0.0145. The Morgan fingerprint density at radius 3 is 2.32 bits per heavy atom. The first kappa shape index (κ1) is 16.4. The molecule has 0 aliphatic carbocycles. The smallest absolute Gasteiger partial charge is 0.324 e. The summed E-state index contributed by atoms with van der Waals surface area (Å²) in [6.45, 7) is 0. The molecule has 1 heterocycles. The summed E-state index contributed by atoms with van der Waals surface area (Å²) in [4.78, 5) is 12.9. The van der Waals surface area contributed by atoms with Crippen molar-refractivity contribution in [2.75, 3.05) is 7.05 Å². The van der Waals surface area contributed by atoms with Gasteiger partial charge in [-0.3, -0.25) is 9.48 Å². The molecule has 2 aromatic rings. The Morgan fingerprint density at radius 1 is 1.27 bits per heavy atom. The van der Waals surface area contributed by atoms with Gasteiger partial charge in [-0.2, -0.15) is 18.3 Å². The summed E-state index contributed by atoms with van der Waals surface area (Å²) in [6, 6.07) is 4.54. The van der Waals surface area contributed by atoms with Gasteiger partial charge in [0.15, 0.2) is 6.04 Å². The lowest BCUT2D eigenvalue weighted by atomic mass is 10.0. The highest BCUT2D eigenvalue weighted by Gasteiger charge is 2.45. The molecule has 0 saturated heterocycles. The number of hydrogen-bond donors (Lipinski definition) is 0. The zero-order valence-electron chi connectivity index (χ0n) is 11.8. The molecule has 0 spiro atoms. The predicted molar refractivity (Wildman–Crippen MR) is 75.5 cm³/mol. The van der Waals surface area contributed by atoms with Crippen LogP contribution in [0.1, 0.15) is 22.1 Å². The average Bonchev–Trinajstić information content (AvgIpc) is 2.85. The second-order valence-corrected chi connectivity index (χ2v) is 5.19. The van der Waals surface area contributed by atoms with Crippen molar-refractivity contribution in [1.82, 2.24) is 14.7 Å². The van der Waals surface area contributed by atoms with Crippen LogP contribution >= 0.6 is 11.6 Å². The summed E-state index contributed by atoms with van der Waals surface area (Å²) in [5, 5.41) is 4.12. The highest BCUT2D eigenvalue weighted by Crippen LogP contribution is 2.37. The van der Waals surface area contributed by atoms with Crippen molar-refractivity contribution in [1.29, 1.82) is 0 Å². The van der Waals surface area contributed by atoms with Crippen molar-refractivity contribution < 1.29 is 18.0 Å². The summed E-state index contributed by atoms with van der Waals surface area (Å²) in [6.07, 6.45) is -3.26. The van der Waals surface area contributed by atoms with E-state index in [0.717, 1.165) is 7.05 Å². The number of nitrogens with zero attached hydrogens (tertiary/aromatic N) is 3. The van der Waals surface area contributed by atoms with Gasteiger partial charge in [0.1, 0.15) is 5.69 Å². The lowest BCUT2D eigenvalue weighted by Gasteiger charge is -2.30. The Kier molecular flexibility index (Phi) is 4.46. The van der Waals surface area contributed by atoms with Gasteiger partial charge in [0, 0.05) is 25.3 Å². The van der Waals surface area contributed by atoms with Crippen molar-refractivity contribution in [2.24, 2.45) is 7.05 Å². The van der Waals surface area contributed by atoms with Crippen molar-refractivity contribution >= 4 is 17.5 Å². The van der Waals surface area contributed by atoms with E-state index in [1.165, 1.54) is 48.3 Å². The van der Waals surface area contributed by atoms with Gasteiger partial charge in [0.05, 0.1) is 0 Å². The van der Waals surface area contributed by atoms with Crippen LogP contribution in [0.3, 0.4) is 0 Å². The monoisotopic (exact) mass is 331 g/mol. The molecule has 1 aromatic heterocycles. The number of amides is 1. The number of rotatable bonds is 3. The molecule has 4 nitrogen and oxygen atoms in total. The second kappa shape index (κ2) is 6.00. The summed E-state index contributed by atoms with van der Waals surface area (Å²) >= 11 is 5.70. The van der Waals surface area contributed by atoms with Gasteiger partial charge in [-0.1, -0.05) is 23.7 Å². The molecule has 0 bridgehead atoms. The first-order valence-electron chi connectivity index (χ1n) is 6.29. The number of aryl methyl sites for hydroxylation is 1. The number of benzene rings is 1. The third kappa shape index (κ3) is 3.24. The number of halogens is 4. The SMILES string of the molecule is CN(C(=O)c1ccnn1C)[C@H](c1ccc(Cl)cc1)C(F)(F)F. The molecular weight excluding hydrogens is 319 g/mol. The minimum absolute atomic E-state index is 0.0603. The van der Waals surface area contributed by atoms with Crippen LogP contribution in [0.2, 0.25) is 5.02 Å². The van der Waals surface area contributed by atoms with Gasteiger partial charge in [-0.25, -0.2) is 0 Å². The van der Waals surface area contributed by atoms with Crippen LogP contribution < -0.4 is 0 Å². The van der Waals surface area contributed by atoms with Crippen LogP contribution in [0.15, 0.2) is 36.5 Å². The van der Waals surface area contributed by atoms with Crippen LogP contribution in [-0.2, 0) is 7.05 Å². The maximum absolute atomic E-state index is 13.4. The van der Waals surface area contributed by atoms with Gasteiger partial charge in [-0.05, 0) is 23.8 Å². The van der Waals surface area contributed by atoms with Crippen molar-refractivity contribution in [3.05, 3.63) is 52.8 Å². The van der Waals surface area contributed by atoms with E-state index >= 15 is 0 Å². The molecule has 0 radical (unpaired) electrons. The standard InChI is InChI=1S/C14H13ClF3N3O/c1-20(13(22)11-7-8-19-21(11)2)12(14(16,17)18)9-3-5-10(15)6-4-9/h3-8,12H,1-2H3/t12-/m1/s1. The van der Waals surface area contributed by atoms with Gasteiger partial charge >= 0.3 is 6.18 Å². The Balaban J connectivity index is 2.40. The van der Waals surface area contributed by atoms with Crippen molar-refractivity contribution in [2.45, 2.75) is 12.2 Å². The van der Waals surface area contributed by atoms with E-state index in [9.17, 15) is 18.0 Å². The summed E-state index contributed by atoms with van der Waals surface area (Å²) in [7, 11) is 2.61. The van der Waals surface area contributed by atoms with Gasteiger partial charge < -0.3 is 4.90 Å². The van der Waals surface area contributed by atoms with Crippen LogP contribution in [0.5, 0.6) is 0 Å². The topological polar surface area (TPSA) is 38.1 Å². The summed E-state index contributed by atoms with van der Waals surface area (Å²) in [5.74, 6) is -0.766. The van der Waals surface area contributed by atoms with Crippen LogP contribution in [-0.4, -0.2) is 33.8 Å². The number of hydrogen-bond acceptors (Lipinski definition) is 2. The number of alkyl halides is 3. The molecule has 0 N–H and O–H groups in total. The molecular formula is C14H13ClF3N3O. The lowest BCUT2D eigenvalue weighted by molar-refractivity contribution is -0.176. The van der Waals surface area contributed by atoms with E-state index < -0.39 is 18.1 Å². The van der Waals surface area contributed by atoms with E-state index in [2.05, 4.69) is 5.10 Å². The highest BCUT2D eigenvalue weighted by molar-refractivity contribution is 6.30. The number of carbonyl (C=O) groups is 1. The second-order valence-electron chi connectivity index (χ2n) is 4.75. The number of aromatic nitrogens is 2. The zero-order chi connectivity index (χ0) is 16.5. The fraction of sp³-hybridized carbons (Fsp3) is 0.286.